The number of nitrogens with one attached hydrogen (secondary N) is 1. The average Bonchev–Trinajstić information content (AvgIpc) is 2.45. The molecule has 1 aromatic carbocycles. The molecule has 0 radical (unpaired) electrons. The van der Waals surface area contributed by atoms with Gasteiger partial charge in [0.15, 0.2) is 0 Å². The van der Waals surface area contributed by atoms with Crippen LogP contribution in [0.4, 0.5) is 0 Å². The predicted octanol–water partition coefficient (Wildman–Crippen LogP) is 1.28. The number of aryl methyl sites for hydroxylation is 1. The van der Waals surface area contributed by atoms with E-state index >= 15 is 0 Å². The molecular formula is C14H18N4O2S. The van der Waals surface area contributed by atoms with Crippen LogP contribution in [0.3, 0.4) is 0 Å². The molecule has 0 fully saturated rings. The molecule has 1 heterocycles. The first-order chi connectivity index (χ1) is 9.88. The molecule has 0 bridgehead atoms. The number of benzene rings is 1. The lowest BCUT2D eigenvalue weighted by Gasteiger charge is -2.09. The van der Waals surface area contributed by atoms with E-state index in [2.05, 4.69) is 14.7 Å². The quantitative estimate of drug-likeness (QED) is 0.867. The van der Waals surface area contributed by atoms with Gasteiger partial charge in [0.05, 0.1) is 17.1 Å². The fourth-order valence-electron chi connectivity index (χ4n) is 1.81. The summed E-state index contributed by atoms with van der Waals surface area (Å²) < 4.78 is 26.9. The fourth-order valence-corrected chi connectivity index (χ4v) is 2.81. The van der Waals surface area contributed by atoms with E-state index in [1.165, 1.54) is 0 Å². The van der Waals surface area contributed by atoms with Crippen LogP contribution < -0.4 is 10.5 Å². The highest BCUT2D eigenvalue weighted by Gasteiger charge is 2.14. The van der Waals surface area contributed by atoms with Gasteiger partial charge in [0.1, 0.15) is 5.82 Å². The first-order valence-electron chi connectivity index (χ1n) is 6.52. The third-order valence-electron chi connectivity index (χ3n) is 2.99. The van der Waals surface area contributed by atoms with E-state index in [4.69, 9.17) is 5.73 Å². The van der Waals surface area contributed by atoms with Crippen molar-refractivity contribution in [1.82, 2.24) is 14.7 Å². The fraction of sp³-hybridized carbons (Fsp3) is 0.286. The zero-order valence-corrected chi connectivity index (χ0v) is 12.8. The van der Waals surface area contributed by atoms with Gasteiger partial charge in [-0.3, -0.25) is 0 Å². The van der Waals surface area contributed by atoms with Gasteiger partial charge in [-0.05, 0) is 37.6 Å². The lowest BCUT2D eigenvalue weighted by Crippen LogP contribution is -2.24. The molecule has 0 spiro atoms. The van der Waals surface area contributed by atoms with E-state index in [0.717, 1.165) is 5.56 Å². The molecule has 21 heavy (non-hydrogen) atoms. The van der Waals surface area contributed by atoms with Crippen LogP contribution in [0.2, 0.25) is 0 Å². The van der Waals surface area contributed by atoms with Gasteiger partial charge in [-0.15, -0.1) is 0 Å². The Balaban J connectivity index is 2.11. The Hall–Kier alpha value is -1.83. The highest BCUT2D eigenvalue weighted by molar-refractivity contribution is 7.89. The van der Waals surface area contributed by atoms with Gasteiger partial charge in [-0.2, -0.15) is 0 Å². The molecule has 0 aliphatic heterocycles. The molecule has 0 amide bonds. The van der Waals surface area contributed by atoms with Crippen LogP contribution in [-0.4, -0.2) is 18.4 Å². The standard InChI is InChI=1S/C14H18N4O2S/c1-10(15)12-3-5-14(6-4-12)21(19,20)17-9-13-7-8-16-11(2)18-13/h3-8,10,17H,9,15H2,1-2H3. The molecule has 112 valence electrons. The molecule has 3 N–H and O–H groups in total. The summed E-state index contributed by atoms with van der Waals surface area (Å²) in [5.74, 6) is 0.605. The van der Waals surface area contributed by atoms with E-state index in [1.807, 2.05) is 6.92 Å². The van der Waals surface area contributed by atoms with E-state index in [9.17, 15) is 8.42 Å². The predicted molar refractivity (Wildman–Crippen MR) is 79.8 cm³/mol. The van der Waals surface area contributed by atoms with Crippen molar-refractivity contribution in [2.75, 3.05) is 0 Å². The summed E-state index contributed by atoms with van der Waals surface area (Å²) >= 11 is 0. The van der Waals surface area contributed by atoms with Crippen LogP contribution in [-0.2, 0) is 16.6 Å². The summed E-state index contributed by atoms with van der Waals surface area (Å²) in [7, 11) is -3.57. The molecule has 0 saturated carbocycles. The highest BCUT2D eigenvalue weighted by atomic mass is 32.2. The Labute approximate surface area is 124 Å². The first-order valence-corrected chi connectivity index (χ1v) is 8.00. The number of rotatable bonds is 5. The third-order valence-corrected chi connectivity index (χ3v) is 4.41. The highest BCUT2D eigenvalue weighted by Crippen LogP contribution is 2.14. The summed E-state index contributed by atoms with van der Waals surface area (Å²) in [5.41, 5.74) is 7.26. The first kappa shape index (κ1) is 15.6. The van der Waals surface area contributed by atoms with E-state index in [0.29, 0.717) is 11.5 Å². The molecule has 1 atom stereocenters. The minimum Gasteiger partial charge on any atom is -0.324 e. The Kier molecular flexibility index (Phi) is 4.66. The normalized spacial score (nSPS) is 13.1. The summed E-state index contributed by atoms with van der Waals surface area (Å²) in [6.07, 6.45) is 1.60. The molecule has 2 aromatic rings. The van der Waals surface area contributed by atoms with Gasteiger partial charge in [0.2, 0.25) is 10.0 Å². The number of hydrogen-bond donors (Lipinski definition) is 2. The van der Waals surface area contributed by atoms with Crippen molar-refractivity contribution in [3.8, 4) is 0 Å². The maximum atomic E-state index is 12.2. The second-order valence-corrected chi connectivity index (χ2v) is 6.54. The van der Waals surface area contributed by atoms with Crippen molar-refractivity contribution >= 4 is 10.0 Å². The molecular weight excluding hydrogens is 288 g/mol. The zero-order valence-electron chi connectivity index (χ0n) is 11.9. The number of aromatic nitrogens is 2. The van der Waals surface area contributed by atoms with Crippen LogP contribution in [0.25, 0.3) is 0 Å². The second-order valence-electron chi connectivity index (χ2n) is 4.78. The van der Waals surface area contributed by atoms with Crippen molar-refractivity contribution in [1.29, 1.82) is 0 Å². The van der Waals surface area contributed by atoms with E-state index < -0.39 is 10.0 Å². The number of nitrogens with zero attached hydrogens (tertiary/aromatic N) is 2. The lowest BCUT2D eigenvalue weighted by atomic mass is 10.1. The van der Waals surface area contributed by atoms with Crippen molar-refractivity contribution in [2.24, 2.45) is 5.73 Å². The largest absolute Gasteiger partial charge is 0.324 e. The molecule has 0 saturated heterocycles. The van der Waals surface area contributed by atoms with Gasteiger partial charge in [0.25, 0.3) is 0 Å². The minimum atomic E-state index is -3.57. The molecule has 7 heteroatoms. The monoisotopic (exact) mass is 306 g/mol. The smallest absolute Gasteiger partial charge is 0.240 e. The minimum absolute atomic E-state index is 0.126. The van der Waals surface area contributed by atoms with Gasteiger partial charge >= 0.3 is 0 Å². The summed E-state index contributed by atoms with van der Waals surface area (Å²) in [6.45, 7) is 3.73. The van der Waals surface area contributed by atoms with Crippen molar-refractivity contribution in [2.45, 2.75) is 31.3 Å². The second kappa shape index (κ2) is 6.30. The number of sulfonamides is 1. The van der Waals surface area contributed by atoms with Crippen molar-refractivity contribution in [3.05, 3.63) is 53.6 Å². The zero-order chi connectivity index (χ0) is 15.5. The van der Waals surface area contributed by atoms with Gasteiger partial charge in [-0.1, -0.05) is 12.1 Å². The molecule has 0 aliphatic rings. The number of nitrogens with two attached hydrogens (primary N) is 1. The van der Waals surface area contributed by atoms with Crippen LogP contribution in [0.1, 0.15) is 30.0 Å². The summed E-state index contributed by atoms with van der Waals surface area (Å²) in [4.78, 5) is 8.33. The van der Waals surface area contributed by atoms with E-state index in [1.54, 1.807) is 43.5 Å². The Morgan fingerprint density at radius 2 is 1.90 bits per heavy atom. The Morgan fingerprint density at radius 1 is 1.24 bits per heavy atom. The van der Waals surface area contributed by atoms with Crippen molar-refractivity contribution in [3.63, 3.8) is 0 Å². The van der Waals surface area contributed by atoms with Crippen LogP contribution in [0.5, 0.6) is 0 Å². The third kappa shape index (κ3) is 4.07. The maximum absolute atomic E-state index is 12.2. The SMILES string of the molecule is Cc1nccc(CNS(=O)(=O)c2ccc(C(C)N)cc2)n1. The Bertz CT molecular complexity index is 712. The lowest BCUT2D eigenvalue weighted by molar-refractivity contribution is 0.580. The number of hydrogen-bond acceptors (Lipinski definition) is 5. The molecule has 6 nitrogen and oxygen atoms in total. The van der Waals surface area contributed by atoms with Gasteiger partial charge in [0, 0.05) is 12.2 Å². The maximum Gasteiger partial charge on any atom is 0.240 e. The topological polar surface area (TPSA) is 98.0 Å². The summed E-state index contributed by atoms with van der Waals surface area (Å²) in [6, 6.07) is 8.08. The molecule has 1 aromatic heterocycles. The van der Waals surface area contributed by atoms with Crippen LogP contribution in [0.15, 0.2) is 41.4 Å². The molecule has 0 aliphatic carbocycles. The van der Waals surface area contributed by atoms with Gasteiger partial charge < -0.3 is 5.73 Å². The average molecular weight is 306 g/mol. The van der Waals surface area contributed by atoms with Crippen LogP contribution >= 0.6 is 0 Å². The van der Waals surface area contributed by atoms with Crippen LogP contribution in [0, 0.1) is 6.92 Å². The molecule has 1 unspecified atom stereocenters. The van der Waals surface area contributed by atoms with Crippen molar-refractivity contribution < 1.29 is 8.42 Å². The van der Waals surface area contributed by atoms with E-state index in [-0.39, 0.29) is 17.5 Å². The Morgan fingerprint density at radius 3 is 2.48 bits per heavy atom. The molecule has 2 rings (SSSR count). The van der Waals surface area contributed by atoms with Gasteiger partial charge in [-0.25, -0.2) is 23.1 Å². The summed E-state index contributed by atoms with van der Waals surface area (Å²) in [5, 5.41) is 0.